The highest BCUT2D eigenvalue weighted by atomic mass is 16.1. The van der Waals surface area contributed by atoms with Gasteiger partial charge in [0.05, 0.1) is 5.56 Å². The standard InChI is InChI=1S/C18H14N4O/c19-8-14-10-21-17-16(14)7-13(9-20-17)11-2-1-3-12(6-11)18(23)22-15-4-5-15/h1-3,6-7,9-10,15H,4-5H2,(H,20,21)(H,22,23). The first-order valence-corrected chi connectivity index (χ1v) is 7.53. The minimum atomic E-state index is -0.0391. The van der Waals surface area contributed by atoms with Crippen LogP contribution in [-0.2, 0) is 0 Å². The van der Waals surface area contributed by atoms with Gasteiger partial charge in [-0.05, 0) is 36.6 Å². The molecular formula is C18H14N4O. The van der Waals surface area contributed by atoms with E-state index in [-0.39, 0.29) is 5.91 Å². The number of aromatic amines is 1. The first-order chi connectivity index (χ1) is 11.2. The van der Waals surface area contributed by atoms with Crippen molar-refractivity contribution in [1.82, 2.24) is 15.3 Å². The second-order valence-electron chi connectivity index (χ2n) is 5.76. The molecule has 3 aromatic rings. The highest BCUT2D eigenvalue weighted by molar-refractivity contribution is 5.96. The molecule has 2 heterocycles. The predicted octanol–water partition coefficient (Wildman–Crippen LogP) is 2.99. The van der Waals surface area contributed by atoms with E-state index in [1.54, 1.807) is 12.4 Å². The lowest BCUT2D eigenvalue weighted by molar-refractivity contribution is 0.0951. The highest BCUT2D eigenvalue weighted by Gasteiger charge is 2.23. The Balaban J connectivity index is 1.72. The quantitative estimate of drug-likeness (QED) is 0.780. The van der Waals surface area contributed by atoms with E-state index in [1.165, 1.54) is 0 Å². The van der Waals surface area contributed by atoms with Crippen molar-refractivity contribution in [2.75, 3.05) is 0 Å². The summed E-state index contributed by atoms with van der Waals surface area (Å²) in [6, 6.07) is 11.9. The van der Waals surface area contributed by atoms with Gasteiger partial charge in [-0.2, -0.15) is 5.26 Å². The van der Waals surface area contributed by atoms with Crippen LogP contribution in [0.4, 0.5) is 0 Å². The average molecular weight is 302 g/mol. The molecule has 1 aliphatic rings. The van der Waals surface area contributed by atoms with Crippen LogP contribution in [-0.4, -0.2) is 21.9 Å². The number of rotatable bonds is 3. The summed E-state index contributed by atoms with van der Waals surface area (Å²) in [4.78, 5) is 19.5. The number of aromatic nitrogens is 2. The summed E-state index contributed by atoms with van der Waals surface area (Å²) in [7, 11) is 0. The van der Waals surface area contributed by atoms with Crippen molar-refractivity contribution in [3.8, 4) is 17.2 Å². The van der Waals surface area contributed by atoms with E-state index in [2.05, 4.69) is 21.4 Å². The molecule has 2 aromatic heterocycles. The molecule has 1 amide bonds. The van der Waals surface area contributed by atoms with Gasteiger partial charge in [0, 0.05) is 34.9 Å². The van der Waals surface area contributed by atoms with Gasteiger partial charge in [-0.3, -0.25) is 4.79 Å². The molecule has 4 rings (SSSR count). The Morgan fingerprint density at radius 2 is 2.17 bits per heavy atom. The van der Waals surface area contributed by atoms with Crippen molar-refractivity contribution in [2.45, 2.75) is 18.9 Å². The molecule has 1 fully saturated rings. The molecule has 5 nitrogen and oxygen atoms in total. The third kappa shape index (κ3) is 2.55. The van der Waals surface area contributed by atoms with Gasteiger partial charge in [-0.15, -0.1) is 0 Å². The third-order valence-electron chi connectivity index (χ3n) is 4.02. The van der Waals surface area contributed by atoms with Gasteiger partial charge in [-0.25, -0.2) is 4.98 Å². The SMILES string of the molecule is N#Cc1c[nH]c2ncc(-c3cccc(C(=O)NC4CC4)c3)cc12. The molecule has 0 aliphatic heterocycles. The molecule has 0 unspecified atom stereocenters. The largest absolute Gasteiger partial charge is 0.349 e. The van der Waals surface area contributed by atoms with Gasteiger partial charge in [-0.1, -0.05) is 12.1 Å². The van der Waals surface area contributed by atoms with Gasteiger partial charge in [0.25, 0.3) is 5.91 Å². The van der Waals surface area contributed by atoms with E-state index in [1.807, 2.05) is 30.3 Å². The fraction of sp³-hybridized carbons (Fsp3) is 0.167. The average Bonchev–Trinajstić information content (AvgIpc) is 3.31. The Morgan fingerprint density at radius 1 is 1.30 bits per heavy atom. The van der Waals surface area contributed by atoms with Gasteiger partial charge in [0.1, 0.15) is 11.7 Å². The van der Waals surface area contributed by atoms with Crippen molar-refractivity contribution < 1.29 is 4.79 Å². The number of hydrogen-bond acceptors (Lipinski definition) is 3. The van der Waals surface area contributed by atoms with E-state index < -0.39 is 0 Å². The van der Waals surface area contributed by atoms with Gasteiger partial charge < -0.3 is 10.3 Å². The van der Waals surface area contributed by atoms with Crippen LogP contribution in [0.1, 0.15) is 28.8 Å². The first-order valence-electron chi connectivity index (χ1n) is 7.53. The lowest BCUT2D eigenvalue weighted by Gasteiger charge is -2.06. The van der Waals surface area contributed by atoms with Crippen molar-refractivity contribution in [3.05, 3.63) is 53.9 Å². The number of carbonyl (C=O) groups is 1. The van der Waals surface area contributed by atoms with Crippen LogP contribution < -0.4 is 5.32 Å². The molecule has 0 spiro atoms. The number of carbonyl (C=O) groups excluding carboxylic acids is 1. The molecule has 0 radical (unpaired) electrons. The van der Waals surface area contributed by atoms with Gasteiger partial charge in [0.2, 0.25) is 0 Å². The number of nitrogens with one attached hydrogen (secondary N) is 2. The van der Waals surface area contributed by atoms with Crippen molar-refractivity contribution >= 4 is 16.9 Å². The van der Waals surface area contributed by atoms with Crippen LogP contribution >= 0.6 is 0 Å². The molecular weight excluding hydrogens is 288 g/mol. The number of pyridine rings is 1. The van der Waals surface area contributed by atoms with Crippen LogP contribution in [0, 0.1) is 11.3 Å². The van der Waals surface area contributed by atoms with Crippen LogP contribution in [0.25, 0.3) is 22.2 Å². The summed E-state index contributed by atoms with van der Waals surface area (Å²) in [5, 5.41) is 12.9. The molecule has 23 heavy (non-hydrogen) atoms. The number of H-pyrrole nitrogens is 1. The zero-order valence-corrected chi connectivity index (χ0v) is 12.3. The summed E-state index contributed by atoms with van der Waals surface area (Å²) in [5.41, 5.74) is 3.69. The Hall–Kier alpha value is -3.13. The second-order valence-corrected chi connectivity index (χ2v) is 5.76. The maximum absolute atomic E-state index is 12.2. The summed E-state index contributed by atoms with van der Waals surface area (Å²) in [6.07, 6.45) is 5.53. The smallest absolute Gasteiger partial charge is 0.251 e. The Kier molecular flexibility index (Phi) is 3.09. The molecule has 0 saturated heterocycles. The molecule has 1 aromatic carbocycles. The number of amides is 1. The fourth-order valence-corrected chi connectivity index (χ4v) is 2.59. The van der Waals surface area contributed by atoms with E-state index in [4.69, 9.17) is 5.26 Å². The lowest BCUT2D eigenvalue weighted by Crippen LogP contribution is -2.25. The van der Waals surface area contributed by atoms with E-state index in [0.29, 0.717) is 22.8 Å². The summed E-state index contributed by atoms with van der Waals surface area (Å²) in [5.74, 6) is -0.0391. The normalized spacial score (nSPS) is 13.7. The van der Waals surface area contributed by atoms with Crippen LogP contribution in [0.5, 0.6) is 0 Å². The molecule has 1 aliphatic carbocycles. The zero-order chi connectivity index (χ0) is 15.8. The molecule has 1 saturated carbocycles. The van der Waals surface area contributed by atoms with Crippen molar-refractivity contribution in [3.63, 3.8) is 0 Å². The third-order valence-corrected chi connectivity index (χ3v) is 4.02. The number of nitriles is 1. The van der Waals surface area contributed by atoms with E-state index in [9.17, 15) is 4.79 Å². The number of hydrogen-bond donors (Lipinski definition) is 2. The molecule has 0 atom stereocenters. The fourth-order valence-electron chi connectivity index (χ4n) is 2.59. The van der Waals surface area contributed by atoms with Crippen LogP contribution in [0.3, 0.4) is 0 Å². The Labute approximate surface area is 133 Å². The Morgan fingerprint density at radius 3 is 2.96 bits per heavy atom. The topological polar surface area (TPSA) is 81.6 Å². The maximum atomic E-state index is 12.2. The first kappa shape index (κ1) is 13.5. The summed E-state index contributed by atoms with van der Waals surface area (Å²) in [6.45, 7) is 0. The molecule has 5 heteroatoms. The Bertz CT molecular complexity index is 947. The van der Waals surface area contributed by atoms with Gasteiger partial charge >= 0.3 is 0 Å². The van der Waals surface area contributed by atoms with E-state index >= 15 is 0 Å². The monoisotopic (exact) mass is 302 g/mol. The minimum Gasteiger partial charge on any atom is -0.349 e. The second kappa shape index (κ2) is 5.25. The number of fused-ring (bicyclic) bond motifs is 1. The van der Waals surface area contributed by atoms with E-state index in [0.717, 1.165) is 29.4 Å². The number of nitrogens with zero attached hydrogens (tertiary/aromatic N) is 2. The summed E-state index contributed by atoms with van der Waals surface area (Å²) < 4.78 is 0. The molecule has 2 N–H and O–H groups in total. The van der Waals surface area contributed by atoms with Crippen LogP contribution in [0.2, 0.25) is 0 Å². The maximum Gasteiger partial charge on any atom is 0.251 e. The van der Waals surface area contributed by atoms with Crippen molar-refractivity contribution in [1.29, 1.82) is 5.26 Å². The number of benzene rings is 1. The zero-order valence-electron chi connectivity index (χ0n) is 12.3. The van der Waals surface area contributed by atoms with Gasteiger partial charge in [0.15, 0.2) is 0 Å². The molecule has 0 bridgehead atoms. The van der Waals surface area contributed by atoms with Crippen LogP contribution in [0.15, 0.2) is 42.7 Å². The van der Waals surface area contributed by atoms with Crippen molar-refractivity contribution in [2.24, 2.45) is 0 Å². The summed E-state index contributed by atoms with van der Waals surface area (Å²) >= 11 is 0. The molecule has 112 valence electrons. The predicted molar refractivity (Wildman–Crippen MR) is 86.7 cm³/mol. The lowest BCUT2D eigenvalue weighted by atomic mass is 10.0. The highest BCUT2D eigenvalue weighted by Crippen LogP contribution is 2.25. The minimum absolute atomic E-state index is 0.0391.